The number of ether oxygens (including phenoxy) is 2. The van der Waals surface area contributed by atoms with Crippen LogP contribution in [0.15, 0.2) is 18.2 Å². The van der Waals surface area contributed by atoms with E-state index in [-0.39, 0.29) is 6.04 Å². The zero-order chi connectivity index (χ0) is 14.5. The topological polar surface area (TPSA) is 56.3 Å². The van der Waals surface area contributed by atoms with Gasteiger partial charge in [-0.2, -0.15) is 0 Å². The lowest BCUT2D eigenvalue weighted by atomic mass is 10.0. The van der Waals surface area contributed by atoms with E-state index in [4.69, 9.17) is 9.47 Å². The maximum atomic E-state index is 5.49. The maximum absolute atomic E-state index is 5.49. The van der Waals surface area contributed by atoms with Crippen LogP contribution in [0.3, 0.4) is 0 Å². The number of benzene rings is 1. The Hall–Kier alpha value is -1.66. The Morgan fingerprint density at radius 2 is 1.90 bits per heavy atom. The van der Waals surface area contributed by atoms with E-state index in [9.17, 15) is 0 Å². The van der Waals surface area contributed by atoms with Crippen LogP contribution in [-0.4, -0.2) is 30.9 Å². The molecule has 20 heavy (non-hydrogen) atoms. The largest absolute Gasteiger partial charge is 0.496 e. The van der Waals surface area contributed by atoms with Crippen LogP contribution in [0, 0.1) is 0 Å². The fourth-order valence-electron chi connectivity index (χ4n) is 2.25. The SMILES string of the molecule is CCc1nnsc1C(NC)c1c(OC)cccc1OC. The Bertz CT molecular complexity index is 549. The highest BCUT2D eigenvalue weighted by molar-refractivity contribution is 7.05. The first-order valence-electron chi connectivity index (χ1n) is 6.46. The molecule has 0 aliphatic rings. The monoisotopic (exact) mass is 293 g/mol. The van der Waals surface area contributed by atoms with Gasteiger partial charge in [0.05, 0.1) is 36.4 Å². The summed E-state index contributed by atoms with van der Waals surface area (Å²) in [6.45, 7) is 2.08. The van der Waals surface area contributed by atoms with Crippen LogP contribution in [0.4, 0.5) is 0 Å². The minimum Gasteiger partial charge on any atom is -0.496 e. The molecule has 0 aliphatic carbocycles. The van der Waals surface area contributed by atoms with E-state index >= 15 is 0 Å². The van der Waals surface area contributed by atoms with Gasteiger partial charge in [-0.25, -0.2) is 0 Å². The van der Waals surface area contributed by atoms with Gasteiger partial charge in [0.2, 0.25) is 0 Å². The van der Waals surface area contributed by atoms with E-state index in [1.54, 1.807) is 14.2 Å². The number of aryl methyl sites for hydroxylation is 1. The zero-order valence-corrected chi connectivity index (χ0v) is 13.0. The zero-order valence-electron chi connectivity index (χ0n) is 12.1. The molecule has 2 aromatic rings. The average Bonchev–Trinajstić information content (AvgIpc) is 2.96. The second-order valence-corrected chi connectivity index (χ2v) is 5.02. The van der Waals surface area contributed by atoms with E-state index in [1.165, 1.54) is 11.5 Å². The van der Waals surface area contributed by atoms with Gasteiger partial charge in [-0.15, -0.1) is 5.10 Å². The summed E-state index contributed by atoms with van der Waals surface area (Å²) in [5.41, 5.74) is 1.98. The molecule has 1 unspecified atom stereocenters. The van der Waals surface area contributed by atoms with Crippen molar-refractivity contribution in [2.45, 2.75) is 19.4 Å². The first-order valence-corrected chi connectivity index (χ1v) is 7.23. The summed E-state index contributed by atoms with van der Waals surface area (Å²) in [5.74, 6) is 1.58. The summed E-state index contributed by atoms with van der Waals surface area (Å²) >= 11 is 1.41. The van der Waals surface area contributed by atoms with Crippen LogP contribution < -0.4 is 14.8 Å². The van der Waals surface area contributed by atoms with Crippen molar-refractivity contribution in [3.63, 3.8) is 0 Å². The number of nitrogens with one attached hydrogen (secondary N) is 1. The van der Waals surface area contributed by atoms with Crippen LogP contribution >= 0.6 is 11.5 Å². The predicted octanol–water partition coefficient (Wildman–Crippen LogP) is 2.43. The fraction of sp³-hybridized carbons (Fsp3) is 0.429. The molecule has 0 spiro atoms. The van der Waals surface area contributed by atoms with Crippen LogP contribution in [0.25, 0.3) is 0 Å². The number of nitrogens with zero attached hydrogens (tertiary/aromatic N) is 2. The predicted molar refractivity (Wildman–Crippen MR) is 79.7 cm³/mol. The van der Waals surface area contributed by atoms with Gasteiger partial charge in [-0.1, -0.05) is 17.5 Å². The molecule has 108 valence electrons. The highest BCUT2D eigenvalue weighted by Crippen LogP contribution is 2.38. The van der Waals surface area contributed by atoms with Crippen molar-refractivity contribution in [3.05, 3.63) is 34.3 Å². The molecule has 0 saturated carbocycles. The summed E-state index contributed by atoms with van der Waals surface area (Å²) in [6, 6.07) is 5.74. The van der Waals surface area contributed by atoms with Crippen LogP contribution in [0.1, 0.15) is 29.1 Å². The van der Waals surface area contributed by atoms with Crippen LogP contribution in [0.5, 0.6) is 11.5 Å². The lowest BCUT2D eigenvalue weighted by Crippen LogP contribution is -2.19. The molecule has 0 saturated heterocycles. The van der Waals surface area contributed by atoms with E-state index in [0.717, 1.165) is 34.1 Å². The number of methoxy groups -OCH3 is 2. The van der Waals surface area contributed by atoms with Gasteiger partial charge in [-0.3, -0.25) is 0 Å². The van der Waals surface area contributed by atoms with E-state index < -0.39 is 0 Å². The lowest BCUT2D eigenvalue weighted by Gasteiger charge is -2.21. The highest BCUT2D eigenvalue weighted by atomic mass is 32.1. The lowest BCUT2D eigenvalue weighted by molar-refractivity contribution is 0.379. The van der Waals surface area contributed by atoms with E-state index in [2.05, 4.69) is 21.8 Å². The van der Waals surface area contributed by atoms with Crippen LogP contribution in [0.2, 0.25) is 0 Å². The third-order valence-electron chi connectivity index (χ3n) is 3.23. The molecule has 0 fully saturated rings. The molecule has 2 rings (SSSR count). The smallest absolute Gasteiger partial charge is 0.127 e. The summed E-state index contributed by atoms with van der Waals surface area (Å²) < 4.78 is 15.0. The average molecular weight is 293 g/mol. The number of aromatic nitrogens is 2. The molecular weight excluding hydrogens is 274 g/mol. The molecule has 0 aliphatic heterocycles. The second-order valence-electron chi connectivity index (χ2n) is 4.24. The molecule has 1 aromatic carbocycles. The quantitative estimate of drug-likeness (QED) is 0.886. The normalized spacial score (nSPS) is 12.2. The van der Waals surface area contributed by atoms with Gasteiger partial charge < -0.3 is 14.8 Å². The first-order chi connectivity index (χ1) is 9.76. The van der Waals surface area contributed by atoms with Gasteiger partial charge in [0.15, 0.2) is 0 Å². The standard InChI is InChI=1S/C14H19N3O2S/c1-5-9-14(20-17-16-9)13(15-2)12-10(18-3)7-6-8-11(12)19-4/h6-8,13,15H,5H2,1-4H3. The van der Waals surface area contributed by atoms with Gasteiger partial charge >= 0.3 is 0 Å². The Labute approximate surface area is 123 Å². The van der Waals surface area contributed by atoms with Gasteiger partial charge in [0.25, 0.3) is 0 Å². The van der Waals surface area contributed by atoms with Gasteiger partial charge in [-0.05, 0) is 37.1 Å². The number of hydrogen-bond acceptors (Lipinski definition) is 6. The summed E-state index contributed by atoms with van der Waals surface area (Å²) in [6.07, 6.45) is 0.849. The molecule has 5 nitrogen and oxygen atoms in total. The van der Waals surface area contributed by atoms with Crippen molar-refractivity contribution in [2.24, 2.45) is 0 Å². The van der Waals surface area contributed by atoms with Crippen molar-refractivity contribution in [3.8, 4) is 11.5 Å². The minimum absolute atomic E-state index is 0.0453. The van der Waals surface area contributed by atoms with Gasteiger partial charge in [0.1, 0.15) is 11.5 Å². The Morgan fingerprint density at radius 1 is 1.25 bits per heavy atom. The molecule has 0 radical (unpaired) electrons. The summed E-state index contributed by atoms with van der Waals surface area (Å²) in [4.78, 5) is 1.10. The minimum atomic E-state index is -0.0453. The third kappa shape index (κ3) is 2.62. The third-order valence-corrected chi connectivity index (χ3v) is 4.06. The second kappa shape index (κ2) is 6.67. The highest BCUT2D eigenvalue weighted by Gasteiger charge is 2.25. The van der Waals surface area contributed by atoms with Crippen LogP contribution in [-0.2, 0) is 6.42 Å². The van der Waals surface area contributed by atoms with E-state index in [0.29, 0.717) is 0 Å². The molecule has 1 heterocycles. The Balaban J connectivity index is 2.57. The first kappa shape index (κ1) is 14.7. The Kier molecular flexibility index (Phi) is 4.92. The fourth-order valence-corrected chi connectivity index (χ4v) is 3.11. The summed E-state index contributed by atoms with van der Waals surface area (Å²) in [5, 5.41) is 7.50. The molecule has 1 aromatic heterocycles. The van der Waals surface area contributed by atoms with E-state index in [1.807, 2.05) is 25.2 Å². The molecular formula is C14H19N3O2S. The van der Waals surface area contributed by atoms with Crippen molar-refractivity contribution >= 4 is 11.5 Å². The summed E-state index contributed by atoms with van der Waals surface area (Å²) in [7, 11) is 5.24. The van der Waals surface area contributed by atoms with Gasteiger partial charge in [0, 0.05) is 0 Å². The number of hydrogen-bond donors (Lipinski definition) is 1. The van der Waals surface area contributed by atoms with Crippen molar-refractivity contribution < 1.29 is 9.47 Å². The molecule has 1 atom stereocenters. The molecule has 0 bridgehead atoms. The van der Waals surface area contributed by atoms with Crippen molar-refractivity contribution in [2.75, 3.05) is 21.3 Å². The van der Waals surface area contributed by atoms with Crippen molar-refractivity contribution in [1.82, 2.24) is 14.9 Å². The number of rotatable bonds is 6. The molecule has 0 amide bonds. The maximum Gasteiger partial charge on any atom is 0.127 e. The molecule has 6 heteroatoms. The van der Waals surface area contributed by atoms with Crippen molar-refractivity contribution in [1.29, 1.82) is 0 Å². The Morgan fingerprint density at radius 3 is 2.40 bits per heavy atom. The molecule has 1 N–H and O–H groups in total.